The molecule has 0 saturated heterocycles. The SMILES string of the molecule is Cc1ccc(S(=O)(=O)N(C)CCOc2ccccc2F)s1. The van der Waals surface area contributed by atoms with Crippen molar-refractivity contribution in [2.24, 2.45) is 0 Å². The van der Waals surface area contributed by atoms with E-state index in [0.717, 1.165) is 4.88 Å². The maximum Gasteiger partial charge on any atom is 0.252 e. The summed E-state index contributed by atoms with van der Waals surface area (Å²) >= 11 is 1.22. The summed E-state index contributed by atoms with van der Waals surface area (Å²) in [4.78, 5) is 0.935. The van der Waals surface area contributed by atoms with Crippen LogP contribution in [-0.2, 0) is 10.0 Å². The number of nitrogens with zero attached hydrogens (tertiary/aromatic N) is 1. The molecule has 4 nitrogen and oxygen atoms in total. The van der Waals surface area contributed by atoms with E-state index in [4.69, 9.17) is 4.74 Å². The first-order valence-electron chi connectivity index (χ1n) is 6.31. The average Bonchev–Trinajstić information content (AvgIpc) is 2.88. The largest absolute Gasteiger partial charge is 0.489 e. The first-order chi connectivity index (χ1) is 9.91. The Morgan fingerprint density at radius 3 is 2.57 bits per heavy atom. The van der Waals surface area contributed by atoms with E-state index in [1.807, 2.05) is 6.92 Å². The summed E-state index contributed by atoms with van der Waals surface area (Å²) in [6, 6.07) is 9.38. The van der Waals surface area contributed by atoms with Gasteiger partial charge in [-0.25, -0.2) is 12.8 Å². The first-order valence-corrected chi connectivity index (χ1v) is 8.57. The molecule has 0 aliphatic rings. The van der Waals surface area contributed by atoms with Crippen LogP contribution in [-0.4, -0.2) is 32.9 Å². The van der Waals surface area contributed by atoms with E-state index < -0.39 is 15.8 Å². The second-order valence-corrected chi connectivity index (χ2v) is 8.03. The van der Waals surface area contributed by atoms with Crippen molar-refractivity contribution in [3.63, 3.8) is 0 Å². The Morgan fingerprint density at radius 1 is 1.24 bits per heavy atom. The Bertz CT molecular complexity index is 713. The van der Waals surface area contributed by atoms with Crippen LogP contribution in [0.1, 0.15) is 4.88 Å². The highest BCUT2D eigenvalue weighted by atomic mass is 32.2. The van der Waals surface area contributed by atoms with Crippen molar-refractivity contribution >= 4 is 21.4 Å². The molecule has 1 aromatic heterocycles. The van der Waals surface area contributed by atoms with Crippen molar-refractivity contribution in [3.8, 4) is 5.75 Å². The van der Waals surface area contributed by atoms with Gasteiger partial charge in [0.15, 0.2) is 11.6 Å². The number of para-hydroxylation sites is 1. The van der Waals surface area contributed by atoms with Gasteiger partial charge >= 0.3 is 0 Å². The van der Waals surface area contributed by atoms with E-state index in [1.165, 1.54) is 34.8 Å². The number of thiophene rings is 1. The van der Waals surface area contributed by atoms with Crippen molar-refractivity contribution in [2.75, 3.05) is 20.2 Å². The molecule has 0 fully saturated rings. The van der Waals surface area contributed by atoms with Crippen molar-refractivity contribution < 1.29 is 17.5 Å². The lowest BCUT2D eigenvalue weighted by Gasteiger charge is -2.16. The molecule has 1 aromatic carbocycles. The molecule has 114 valence electrons. The van der Waals surface area contributed by atoms with Gasteiger partial charge in [0, 0.05) is 18.5 Å². The number of aryl methyl sites for hydroxylation is 1. The summed E-state index contributed by atoms with van der Waals surface area (Å²) in [5, 5.41) is 0. The van der Waals surface area contributed by atoms with Crippen molar-refractivity contribution in [3.05, 3.63) is 47.1 Å². The molecule has 0 N–H and O–H groups in total. The maximum absolute atomic E-state index is 13.4. The molecule has 2 aromatic rings. The molecule has 21 heavy (non-hydrogen) atoms. The fourth-order valence-electron chi connectivity index (χ4n) is 1.67. The number of sulfonamides is 1. The predicted molar refractivity (Wildman–Crippen MR) is 80.8 cm³/mol. The molecule has 1 heterocycles. The molecule has 0 unspecified atom stereocenters. The van der Waals surface area contributed by atoms with E-state index >= 15 is 0 Å². The molecule has 0 radical (unpaired) electrons. The highest BCUT2D eigenvalue weighted by Crippen LogP contribution is 2.23. The standard InChI is InChI=1S/C14H16FNO3S2/c1-11-7-8-14(20-11)21(17,18)16(2)9-10-19-13-6-4-3-5-12(13)15/h3-8H,9-10H2,1-2H3. The van der Waals surface area contributed by atoms with E-state index in [0.29, 0.717) is 4.21 Å². The van der Waals surface area contributed by atoms with E-state index in [1.54, 1.807) is 24.3 Å². The lowest BCUT2D eigenvalue weighted by molar-refractivity contribution is 0.275. The highest BCUT2D eigenvalue weighted by Gasteiger charge is 2.22. The average molecular weight is 329 g/mol. The van der Waals surface area contributed by atoms with Crippen LogP contribution in [0.5, 0.6) is 5.75 Å². The zero-order valence-corrected chi connectivity index (χ0v) is 13.4. The van der Waals surface area contributed by atoms with E-state index in [-0.39, 0.29) is 18.9 Å². The monoisotopic (exact) mass is 329 g/mol. The van der Waals surface area contributed by atoms with Gasteiger partial charge < -0.3 is 4.74 Å². The lowest BCUT2D eigenvalue weighted by atomic mass is 10.3. The van der Waals surface area contributed by atoms with Gasteiger partial charge in [-0.3, -0.25) is 0 Å². The summed E-state index contributed by atoms with van der Waals surface area (Å²) in [5.74, 6) is -0.341. The fourth-order valence-corrected chi connectivity index (χ4v) is 4.32. The molecule has 0 amide bonds. The number of rotatable bonds is 6. The van der Waals surface area contributed by atoms with Crippen molar-refractivity contribution in [1.29, 1.82) is 0 Å². The molecule has 0 aliphatic carbocycles. The van der Waals surface area contributed by atoms with Crippen LogP contribution in [0.3, 0.4) is 0 Å². The number of halogens is 1. The van der Waals surface area contributed by atoms with Crippen molar-refractivity contribution in [2.45, 2.75) is 11.1 Å². The molecule has 2 rings (SSSR count). The van der Waals surface area contributed by atoms with Crippen LogP contribution < -0.4 is 4.74 Å². The quantitative estimate of drug-likeness (QED) is 0.819. The highest BCUT2D eigenvalue weighted by molar-refractivity contribution is 7.91. The number of hydrogen-bond donors (Lipinski definition) is 0. The Morgan fingerprint density at radius 2 is 1.95 bits per heavy atom. The fraction of sp³-hybridized carbons (Fsp3) is 0.286. The van der Waals surface area contributed by atoms with Crippen LogP contribution in [0.15, 0.2) is 40.6 Å². The van der Waals surface area contributed by atoms with Gasteiger partial charge in [-0.15, -0.1) is 11.3 Å². The summed E-state index contributed by atoms with van der Waals surface area (Å²) in [5.41, 5.74) is 0. The Labute approximate surface area is 127 Å². The van der Waals surface area contributed by atoms with Gasteiger partial charge in [0.25, 0.3) is 10.0 Å². The zero-order valence-electron chi connectivity index (χ0n) is 11.7. The van der Waals surface area contributed by atoms with Gasteiger partial charge in [0.2, 0.25) is 0 Å². The third-order valence-electron chi connectivity index (χ3n) is 2.88. The summed E-state index contributed by atoms with van der Waals surface area (Å²) in [6.07, 6.45) is 0. The third-order valence-corrected chi connectivity index (χ3v) is 6.21. The van der Waals surface area contributed by atoms with Gasteiger partial charge in [0.1, 0.15) is 10.8 Å². The van der Waals surface area contributed by atoms with Crippen LogP contribution in [0.4, 0.5) is 4.39 Å². The minimum absolute atomic E-state index is 0.0843. The Kier molecular flexibility index (Phi) is 4.97. The molecule has 0 atom stereocenters. The molecule has 0 spiro atoms. The van der Waals surface area contributed by atoms with Gasteiger partial charge in [-0.1, -0.05) is 12.1 Å². The Hall–Kier alpha value is -1.44. The zero-order chi connectivity index (χ0) is 15.5. The maximum atomic E-state index is 13.4. The molecule has 0 aliphatic heterocycles. The van der Waals surface area contributed by atoms with E-state index in [9.17, 15) is 12.8 Å². The molecule has 0 bridgehead atoms. The van der Waals surface area contributed by atoms with Crippen LogP contribution >= 0.6 is 11.3 Å². The first kappa shape index (κ1) is 15.9. The van der Waals surface area contributed by atoms with Crippen LogP contribution in [0, 0.1) is 12.7 Å². The summed E-state index contributed by atoms with van der Waals surface area (Å²) in [6.45, 7) is 2.08. The van der Waals surface area contributed by atoms with Gasteiger partial charge in [-0.05, 0) is 31.2 Å². The second kappa shape index (κ2) is 6.55. The number of benzene rings is 1. The van der Waals surface area contributed by atoms with Crippen molar-refractivity contribution in [1.82, 2.24) is 4.31 Å². The topological polar surface area (TPSA) is 46.6 Å². The minimum Gasteiger partial charge on any atom is -0.489 e. The molecular formula is C14H16FNO3S2. The number of ether oxygens (including phenoxy) is 1. The van der Waals surface area contributed by atoms with Crippen LogP contribution in [0.2, 0.25) is 0 Å². The number of likely N-dealkylation sites (N-methyl/N-ethyl adjacent to an activating group) is 1. The summed E-state index contributed by atoms with van der Waals surface area (Å²) in [7, 11) is -2.02. The predicted octanol–water partition coefficient (Wildman–Crippen LogP) is 2.90. The summed E-state index contributed by atoms with van der Waals surface area (Å²) < 4.78 is 44.7. The molecular weight excluding hydrogens is 313 g/mol. The lowest BCUT2D eigenvalue weighted by Crippen LogP contribution is -2.30. The van der Waals surface area contributed by atoms with Gasteiger partial charge in [-0.2, -0.15) is 4.31 Å². The minimum atomic E-state index is -3.50. The Balaban J connectivity index is 1.96. The normalized spacial score (nSPS) is 11.8. The van der Waals surface area contributed by atoms with E-state index in [2.05, 4.69) is 0 Å². The van der Waals surface area contributed by atoms with Gasteiger partial charge in [0.05, 0.1) is 0 Å². The van der Waals surface area contributed by atoms with Crippen LogP contribution in [0.25, 0.3) is 0 Å². The molecule has 0 saturated carbocycles. The molecule has 7 heteroatoms. The third kappa shape index (κ3) is 3.81. The number of hydrogen-bond acceptors (Lipinski definition) is 4. The second-order valence-electron chi connectivity index (χ2n) is 4.47. The smallest absolute Gasteiger partial charge is 0.252 e.